The lowest BCUT2D eigenvalue weighted by atomic mass is 9.98. The quantitative estimate of drug-likeness (QED) is 0.698. The number of nitrogens with zero attached hydrogens (tertiary/aromatic N) is 1. The van der Waals surface area contributed by atoms with Crippen LogP contribution in [0.5, 0.6) is 5.75 Å². The van der Waals surface area contributed by atoms with E-state index >= 15 is 0 Å². The fraction of sp³-hybridized carbons (Fsp3) is 0.167. The summed E-state index contributed by atoms with van der Waals surface area (Å²) < 4.78 is 18.8. The summed E-state index contributed by atoms with van der Waals surface area (Å²) in [4.78, 5) is 26.7. The highest BCUT2D eigenvalue weighted by Crippen LogP contribution is 2.24. The van der Waals surface area contributed by atoms with Crippen LogP contribution in [0.1, 0.15) is 21.5 Å². The molecule has 3 aromatic carbocycles. The number of carbonyl (C=O) groups excluding carboxylic acids is 2. The van der Waals surface area contributed by atoms with Crippen molar-refractivity contribution < 1.29 is 18.7 Å². The minimum atomic E-state index is -0.512. The second-order valence-electron chi connectivity index (χ2n) is 7.09. The SMILES string of the molecule is O=C(COc1ccccc1F)Nc1ccc2c(c1)CN(C(=O)c1ccccc1)CC2. The zero-order chi connectivity index (χ0) is 20.9. The van der Waals surface area contributed by atoms with Gasteiger partial charge in [0, 0.05) is 24.3 Å². The van der Waals surface area contributed by atoms with E-state index in [0.717, 1.165) is 17.5 Å². The molecule has 1 aliphatic rings. The van der Waals surface area contributed by atoms with E-state index in [9.17, 15) is 14.0 Å². The predicted octanol–water partition coefficient (Wildman–Crippen LogP) is 4.04. The summed E-state index contributed by atoms with van der Waals surface area (Å²) in [7, 11) is 0. The summed E-state index contributed by atoms with van der Waals surface area (Å²) >= 11 is 0. The summed E-state index contributed by atoms with van der Waals surface area (Å²) in [5.41, 5.74) is 3.44. The van der Waals surface area contributed by atoms with Crippen molar-refractivity contribution in [3.63, 3.8) is 0 Å². The normalized spacial score (nSPS) is 12.8. The maximum absolute atomic E-state index is 13.6. The van der Waals surface area contributed by atoms with E-state index in [0.29, 0.717) is 24.3 Å². The van der Waals surface area contributed by atoms with Crippen LogP contribution in [0.3, 0.4) is 0 Å². The average molecular weight is 404 g/mol. The van der Waals surface area contributed by atoms with Crippen molar-refractivity contribution in [2.75, 3.05) is 18.5 Å². The molecule has 1 N–H and O–H groups in total. The van der Waals surface area contributed by atoms with Gasteiger partial charge in [0.25, 0.3) is 11.8 Å². The van der Waals surface area contributed by atoms with E-state index in [1.807, 2.05) is 53.4 Å². The lowest BCUT2D eigenvalue weighted by Gasteiger charge is -2.29. The smallest absolute Gasteiger partial charge is 0.262 e. The van der Waals surface area contributed by atoms with Crippen LogP contribution in [0.15, 0.2) is 72.8 Å². The summed E-state index contributed by atoms with van der Waals surface area (Å²) in [5, 5.41) is 2.77. The standard InChI is InChI=1S/C24H21FN2O3/c25-21-8-4-5-9-22(21)30-16-23(28)26-20-11-10-17-12-13-27(15-19(17)14-20)24(29)18-6-2-1-3-7-18/h1-11,14H,12-13,15-16H2,(H,26,28). The Kier molecular flexibility index (Phi) is 5.75. The molecule has 5 nitrogen and oxygen atoms in total. The minimum Gasteiger partial charge on any atom is -0.481 e. The van der Waals surface area contributed by atoms with Crippen molar-refractivity contribution in [1.82, 2.24) is 4.90 Å². The fourth-order valence-electron chi connectivity index (χ4n) is 3.47. The highest BCUT2D eigenvalue weighted by molar-refractivity contribution is 5.94. The van der Waals surface area contributed by atoms with Gasteiger partial charge < -0.3 is 15.0 Å². The van der Waals surface area contributed by atoms with E-state index in [-0.39, 0.29) is 24.2 Å². The summed E-state index contributed by atoms with van der Waals surface area (Å²) in [6.07, 6.45) is 0.762. The molecule has 3 aromatic rings. The van der Waals surface area contributed by atoms with E-state index in [1.165, 1.54) is 12.1 Å². The first-order valence-electron chi connectivity index (χ1n) is 9.73. The summed E-state index contributed by atoms with van der Waals surface area (Å²) in [6, 6.07) is 20.8. The molecule has 2 amide bonds. The molecule has 30 heavy (non-hydrogen) atoms. The van der Waals surface area contributed by atoms with Gasteiger partial charge in [-0.1, -0.05) is 36.4 Å². The first-order chi connectivity index (χ1) is 14.6. The molecule has 0 radical (unpaired) electrons. The molecule has 0 spiro atoms. The average Bonchev–Trinajstić information content (AvgIpc) is 2.78. The molecule has 4 rings (SSSR count). The number of hydrogen-bond donors (Lipinski definition) is 1. The Morgan fingerprint density at radius 3 is 2.53 bits per heavy atom. The van der Waals surface area contributed by atoms with Crippen LogP contribution in [0.25, 0.3) is 0 Å². The fourth-order valence-corrected chi connectivity index (χ4v) is 3.47. The number of amides is 2. The first kappa shape index (κ1) is 19.6. The monoisotopic (exact) mass is 404 g/mol. The van der Waals surface area contributed by atoms with Crippen LogP contribution in [-0.4, -0.2) is 29.9 Å². The molecule has 0 bridgehead atoms. The maximum Gasteiger partial charge on any atom is 0.262 e. The third kappa shape index (κ3) is 4.49. The summed E-state index contributed by atoms with van der Waals surface area (Å²) in [5.74, 6) is -0.865. The number of halogens is 1. The van der Waals surface area contributed by atoms with Gasteiger partial charge in [0.05, 0.1) is 0 Å². The third-order valence-corrected chi connectivity index (χ3v) is 5.01. The van der Waals surface area contributed by atoms with Crippen molar-refractivity contribution in [2.24, 2.45) is 0 Å². The largest absolute Gasteiger partial charge is 0.481 e. The number of rotatable bonds is 5. The van der Waals surface area contributed by atoms with E-state index < -0.39 is 5.82 Å². The highest BCUT2D eigenvalue weighted by Gasteiger charge is 2.22. The Balaban J connectivity index is 1.39. The van der Waals surface area contributed by atoms with Crippen LogP contribution < -0.4 is 10.1 Å². The second-order valence-corrected chi connectivity index (χ2v) is 7.09. The van der Waals surface area contributed by atoms with E-state index in [4.69, 9.17) is 4.74 Å². The summed E-state index contributed by atoms with van der Waals surface area (Å²) in [6.45, 7) is 0.845. The molecule has 0 fully saturated rings. The number of carbonyl (C=O) groups is 2. The van der Waals surface area contributed by atoms with Gasteiger partial charge >= 0.3 is 0 Å². The molecule has 0 aliphatic carbocycles. The number of fused-ring (bicyclic) bond motifs is 1. The Labute approximate surface area is 174 Å². The number of nitrogens with one attached hydrogen (secondary N) is 1. The molecule has 0 aromatic heterocycles. The van der Waals surface area contributed by atoms with Crippen molar-refractivity contribution in [3.8, 4) is 5.75 Å². The maximum atomic E-state index is 13.6. The van der Waals surface area contributed by atoms with Gasteiger partial charge in [-0.05, 0) is 53.9 Å². The Morgan fingerprint density at radius 2 is 1.73 bits per heavy atom. The molecule has 0 atom stereocenters. The van der Waals surface area contributed by atoms with Crippen molar-refractivity contribution in [3.05, 3.63) is 95.3 Å². The molecular formula is C24H21FN2O3. The van der Waals surface area contributed by atoms with Gasteiger partial charge in [0.15, 0.2) is 18.2 Å². The van der Waals surface area contributed by atoms with Crippen LogP contribution >= 0.6 is 0 Å². The molecular weight excluding hydrogens is 383 g/mol. The molecule has 152 valence electrons. The van der Waals surface area contributed by atoms with Gasteiger partial charge in [-0.25, -0.2) is 4.39 Å². The van der Waals surface area contributed by atoms with Crippen molar-refractivity contribution in [2.45, 2.75) is 13.0 Å². The predicted molar refractivity (Wildman–Crippen MR) is 112 cm³/mol. The van der Waals surface area contributed by atoms with Crippen LogP contribution in [-0.2, 0) is 17.8 Å². The topological polar surface area (TPSA) is 58.6 Å². The van der Waals surface area contributed by atoms with Gasteiger partial charge in [0.1, 0.15) is 0 Å². The van der Waals surface area contributed by atoms with Crippen molar-refractivity contribution >= 4 is 17.5 Å². The van der Waals surface area contributed by atoms with Gasteiger partial charge in [0.2, 0.25) is 0 Å². The molecule has 0 saturated heterocycles. The molecule has 0 saturated carbocycles. The van der Waals surface area contributed by atoms with Gasteiger partial charge in [-0.2, -0.15) is 0 Å². The van der Waals surface area contributed by atoms with E-state index in [2.05, 4.69) is 5.32 Å². The zero-order valence-corrected chi connectivity index (χ0v) is 16.3. The van der Waals surface area contributed by atoms with Crippen LogP contribution in [0, 0.1) is 5.82 Å². The number of anilines is 1. The number of benzene rings is 3. The molecule has 6 heteroatoms. The first-order valence-corrected chi connectivity index (χ1v) is 9.73. The van der Waals surface area contributed by atoms with Crippen molar-refractivity contribution in [1.29, 1.82) is 0 Å². The van der Waals surface area contributed by atoms with Gasteiger partial charge in [-0.3, -0.25) is 9.59 Å². The number of hydrogen-bond acceptors (Lipinski definition) is 3. The number of para-hydroxylation sites is 1. The van der Waals surface area contributed by atoms with Crippen LogP contribution in [0.4, 0.5) is 10.1 Å². The Bertz CT molecular complexity index is 1070. The lowest BCUT2D eigenvalue weighted by molar-refractivity contribution is -0.118. The Morgan fingerprint density at radius 1 is 0.967 bits per heavy atom. The zero-order valence-electron chi connectivity index (χ0n) is 16.3. The third-order valence-electron chi connectivity index (χ3n) is 5.01. The lowest BCUT2D eigenvalue weighted by Crippen LogP contribution is -2.36. The van der Waals surface area contributed by atoms with Crippen LogP contribution in [0.2, 0.25) is 0 Å². The molecule has 1 aliphatic heterocycles. The van der Waals surface area contributed by atoms with E-state index in [1.54, 1.807) is 12.1 Å². The van der Waals surface area contributed by atoms with Gasteiger partial charge in [-0.15, -0.1) is 0 Å². The minimum absolute atomic E-state index is 0.00558. The molecule has 1 heterocycles. The highest BCUT2D eigenvalue weighted by atomic mass is 19.1. The molecule has 0 unspecified atom stereocenters. The number of ether oxygens (including phenoxy) is 1. The Hall–Kier alpha value is -3.67. The second kappa shape index (κ2) is 8.78.